The maximum Gasteiger partial charge on any atom is 0.151 e. The van der Waals surface area contributed by atoms with E-state index < -0.39 is 9.84 Å². The molecule has 0 aromatic heterocycles. The first-order valence-electron chi connectivity index (χ1n) is 7.92. The minimum atomic E-state index is -2.80. The fourth-order valence-corrected chi connectivity index (χ4v) is 4.27. The van der Waals surface area contributed by atoms with Crippen molar-refractivity contribution in [2.45, 2.75) is 53.0 Å². The van der Waals surface area contributed by atoms with E-state index in [1.54, 1.807) is 0 Å². The Kier molecular flexibility index (Phi) is 6.95. The van der Waals surface area contributed by atoms with Gasteiger partial charge in [-0.2, -0.15) is 0 Å². The Morgan fingerprint density at radius 1 is 1.25 bits per heavy atom. The van der Waals surface area contributed by atoms with E-state index >= 15 is 0 Å². The number of nitrogens with zero attached hydrogens (tertiary/aromatic N) is 1. The number of hydrogen-bond donors (Lipinski definition) is 1. The van der Waals surface area contributed by atoms with Crippen molar-refractivity contribution in [2.75, 3.05) is 37.7 Å². The zero-order valence-corrected chi connectivity index (χ0v) is 14.4. The van der Waals surface area contributed by atoms with Crippen molar-refractivity contribution in [3.63, 3.8) is 0 Å². The SMILES string of the molecule is CCCC(C)(CNC(C)C)CN1CCCS(=O)(=O)CC1. The summed E-state index contributed by atoms with van der Waals surface area (Å²) >= 11 is 0. The van der Waals surface area contributed by atoms with Gasteiger partial charge in [-0.1, -0.05) is 34.1 Å². The molecule has 1 heterocycles. The first-order chi connectivity index (χ1) is 9.26. The predicted octanol–water partition coefficient (Wildman–Crippen LogP) is 1.91. The predicted molar refractivity (Wildman–Crippen MR) is 85.9 cm³/mol. The Morgan fingerprint density at radius 3 is 2.55 bits per heavy atom. The zero-order valence-electron chi connectivity index (χ0n) is 13.6. The Balaban J connectivity index is 2.60. The van der Waals surface area contributed by atoms with Gasteiger partial charge in [0, 0.05) is 25.7 Å². The Bertz CT molecular complexity index is 381. The molecule has 1 N–H and O–H groups in total. The van der Waals surface area contributed by atoms with Crippen LogP contribution in [-0.2, 0) is 9.84 Å². The van der Waals surface area contributed by atoms with Crippen LogP contribution >= 0.6 is 0 Å². The molecule has 1 rings (SSSR count). The van der Waals surface area contributed by atoms with Crippen molar-refractivity contribution in [1.82, 2.24) is 10.2 Å². The molecule has 0 aliphatic carbocycles. The van der Waals surface area contributed by atoms with E-state index in [9.17, 15) is 8.42 Å². The van der Waals surface area contributed by atoms with Gasteiger partial charge in [0.2, 0.25) is 0 Å². The van der Waals surface area contributed by atoms with Crippen LogP contribution in [0, 0.1) is 5.41 Å². The third kappa shape index (κ3) is 6.55. The van der Waals surface area contributed by atoms with E-state index in [1.165, 1.54) is 12.8 Å². The minimum Gasteiger partial charge on any atom is -0.314 e. The second-order valence-corrected chi connectivity index (χ2v) is 9.18. The van der Waals surface area contributed by atoms with Crippen LogP contribution in [0.2, 0.25) is 0 Å². The van der Waals surface area contributed by atoms with Crippen molar-refractivity contribution in [3.05, 3.63) is 0 Å². The van der Waals surface area contributed by atoms with Crippen LogP contribution < -0.4 is 5.32 Å². The van der Waals surface area contributed by atoms with E-state index in [0.717, 1.165) is 26.1 Å². The highest BCUT2D eigenvalue weighted by Crippen LogP contribution is 2.25. The summed E-state index contributed by atoms with van der Waals surface area (Å²) in [5.74, 6) is 0.686. The molecule has 0 spiro atoms. The Morgan fingerprint density at radius 2 is 1.95 bits per heavy atom. The average molecular weight is 305 g/mol. The molecule has 0 aromatic rings. The molecule has 1 atom stereocenters. The first-order valence-corrected chi connectivity index (χ1v) is 9.75. The Hall–Kier alpha value is -0.130. The van der Waals surface area contributed by atoms with Gasteiger partial charge in [0.25, 0.3) is 0 Å². The lowest BCUT2D eigenvalue weighted by Crippen LogP contribution is -2.44. The molecule has 0 amide bonds. The van der Waals surface area contributed by atoms with Crippen LogP contribution in [0.1, 0.15) is 47.0 Å². The summed E-state index contributed by atoms with van der Waals surface area (Å²) in [5, 5.41) is 3.55. The highest BCUT2D eigenvalue weighted by molar-refractivity contribution is 7.91. The summed E-state index contributed by atoms with van der Waals surface area (Å²) in [6.07, 6.45) is 3.13. The van der Waals surface area contributed by atoms with Crippen LogP contribution in [0.15, 0.2) is 0 Å². The van der Waals surface area contributed by atoms with Gasteiger partial charge in [0.15, 0.2) is 9.84 Å². The maximum atomic E-state index is 11.7. The molecule has 5 heteroatoms. The molecule has 0 aromatic carbocycles. The average Bonchev–Trinajstić information content (AvgIpc) is 2.49. The quantitative estimate of drug-likeness (QED) is 0.780. The summed E-state index contributed by atoms with van der Waals surface area (Å²) in [7, 11) is -2.80. The standard InChI is InChI=1S/C15H32N2O2S/c1-5-7-15(4,12-16-14(2)3)13-17-8-6-10-20(18,19)11-9-17/h14,16H,5-13H2,1-4H3. The number of rotatable bonds is 7. The largest absolute Gasteiger partial charge is 0.314 e. The van der Waals surface area contributed by atoms with Crippen LogP contribution in [0.5, 0.6) is 0 Å². The van der Waals surface area contributed by atoms with Gasteiger partial charge in [0.05, 0.1) is 11.5 Å². The summed E-state index contributed by atoms with van der Waals surface area (Å²) in [4.78, 5) is 2.35. The van der Waals surface area contributed by atoms with Gasteiger partial charge < -0.3 is 10.2 Å². The number of hydrogen-bond acceptors (Lipinski definition) is 4. The Labute approximate surface area is 125 Å². The molecular weight excluding hydrogens is 272 g/mol. The van der Waals surface area contributed by atoms with Crippen LogP contribution in [0.25, 0.3) is 0 Å². The normalized spacial score (nSPS) is 23.4. The second-order valence-electron chi connectivity index (χ2n) is 6.88. The van der Waals surface area contributed by atoms with Gasteiger partial charge in [-0.3, -0.25) is 0 Å². The smallest absolute Gasteiger partial charge is 0.151 e. The highest BCUT2D eigenvalue weighted by atomic mass is 32.2. The van der Waals surface area contributed by atoms with Gasteiger partial charge >= 0.3 is 0 Å². The molecule has 1 aliphatic heterocycles. The third-order valence-corrected chi connectivity index (χ3v) is 5.76. The van der Waals surface area contributed by atoms with Crippen LogP contribution in [-0.4, -0.2) is 57.0 Å². The lowest BCUT2D eigenvalue weighted by atomic mass is 9.84. The second kappa shape index (κ2) is 7.76. The van der Waals surface area contributed by atoms with Crippen molar-refractivity contribution in [3.8, 4) is 0 Å². The highest BCUT2D eigenvalue weighted by Gasteiger charge is 2.28. The molecule has 120 valence electrons. The summed E-state index contributed by atoms with van der Waals surface area (Å²) in [6.45, 7) is 12.5. The maximum absolute atomic E-state index is 11.7. The lowest BCUT2D eigenvalue weighted by Gasteiger charge is -2.36. The molecule has 0 radical (unpaired) electrons. The first kappa shape index (κ1) is 17.9. The van der Waals surface area contributed by atoms with Gasteiger partial charge in [-0.15, -0.1) is 0 Å². The van der Waals surface area contributed by atoms with Crippen molar-refractivity contribution in [2.24, 2.45) is 5.41 Å². The van der Waals surface area contributed by atoms with E-state index in [-0.39, 0.29) is 5.41 Å². The summed E-state index contributed by atoms with van der Waals surface area (Å²) < 4.78 is 23.4. The van der Waals surface area contributed by atoms with Gasteiger partial charge in [-0.25, -0.2) is 8.42 Å². The minimum absolute atomic E-state index is 0.229. The topological polar surface area (TPSA) is 49.4 Å². The molecular formula is C15H32N2O2S. The van der Waals surface area contributed by atoms with Crippen molar-refractivity contribution >= 4 is 9.84 Å². The van der Waals surface area contributed by atoms with Crippen molar-refractivity contribution in [1.29, 1.82) is 0 Å². The number of nitrogens with one attached hydrogen (secondary N) is 1. The van der Waals surface area contributed by atoms with E-state index in [2.05, 4.69) is 37.9 Å². The van der Waals surface area contributed by atoms with E-state index in [1.807, 2.05) is 0 Å². The van der Waals surface area contributed by atoms with Gasteiger partial charge in [-0.05, 0) is 24.8 Å². The monoisotopic (exact) mass is 304 g/mol. The molecule has 1 unspecified atom stereocenters. The lowest BCUT2D eigenvalue weighted by molar-refractivity contribution is 0.154. The van der Waals surface area contributed by atoms with Crippen LogP contribution in [0.3, 0.4) is 0 Å². The van der Waals surface area contributed by atoms with Crippen molar-refractivity contribution < 1.29 is 8.42 Å². The van der Waals surface area contributed by atoms with E-state index in [0.29, 0.717) is 24.1 Å². The molecule has 0 saturated carbocycles. The fraction of sp³-hybridized carbons (Fsp3) is 1.00. The van der Waals surface area contributed by atoms with Gasteiger partial charge in [0.1, 0.15) is 0 Å². The van der Waals surface area contributed by atoms with E-state index in [4.69, 9.17) is 0 Å². The molecule has 1 saturated heterocycles. The fourth-order valence-electron chi connectivity index (χ4n) is 2.97. The third-order valence-electron chi connectivity index (χ3n) is 4.04. The zero-order chi connectivity index (χ0) is 15.2. The molecule has 1 fully saturated rings. The molecule has 0 bridgehead atoms. The molecule has 1 aliphatic rings. The summed E-state index contributed by atoms with van der Waals surface area (Å²) in [5.41, 5.74) is 0.229. The number of sulfone groups is 1. The summed E-state index contributed by atoms with van der Waals surface area (Å²) in [6, 6.07) is 0.496. The van der Waals surface area contributed by atoms with Crippen LogP contribution in [0.4, 0.5) is 0 Å². The molecule has 20 heavy (non-hydrogen) atoms. The molecule has 4 nitrogen and oxygen atoms in total.